The normalized spacial score (nSPS) is 20.0. The van der Waals surface area contributed by atoms with Crippen molar-refractivity contribution >= 4 is 22.4 Å². The lowest BCUT2D eigenvalue weighted by Crippen LogP contribution is -2.32. The molecule has 138 valence electrons. The fourth-order valence-corrected chi connectivity index (χ4v) is 4.13. The van der Waals surface area contributed by atoms with Crippen LogP contribution >= 0.6 is 0 Å². The number of anilines is 1. The van der Waals surface area contributed by atoms with E-state index in [-0.39, 0.29) is 5.91 Å². The molecule has 1 amide bonds. The fraction of sp³-hybridized carbons (Fsp3) is 0.261. The Morgan fingerprint density at radius 1 is 0.963 bits per heavy atom. The van der Waals surface area contributed by atoms with Gasteiger partial charge in [0.05, 0.1) is 6.54 Å². The molecule has 0 radical (unpaired) electrons. The van der Waals surface area contributed by atoms with E-state index in [0.29, 0.717) is 24.9 Å². The third kappa shape index (κ3) is 3.87. The highest BCUT2D eigenvalue weighted by atomic mass is 16.2. The number of hydrogen-bond donors (Lipinski definition) is 2. The number of benzene rings is 3. The predicted molar refractivity (Wildman–Crippen MR) is 111 cm³/mol. The van der Waals surface area contributed by atoms with Crippen molar-refractivity contribution in [1.82, 2.24) is 4.90 Å². The maximum absolute atomic E-state index is 12.7. The highest BCUT2D eigenvalue weighted by Crippen LogP contribution is 2.32. The second-order valence-corrected chi connectivity index (χ2v) is 7.28. The molecule has 4 heteroatoms. The van der Waals surface area contributed by atoms with Gasteiger partial charge in [-0.15, -0.1) is 0 Å². The minimum Gasteiger partial charge on any atom is -0.330 e. The smallest absolute Gasteiger partial charge is 0.238 e. The number of fused-ring (bicyclic) bond motifs is 1. The summed E-state index contributed by atoms with van der Waals surface area (Å²) in [6.45, 7) is 2.76. The Kier molecular flexibility index (Phi) is 5.19. The van der Waals surface area contributed by atoms with Gasteiger partial charge in [0.15, 0.2) is 0 Å². The van der Waals surface area contributed by atoms with E-state index in [4.69, 9.17) is 5.73 Å². The van der Waals surface area contributed by atoms with Crippen molar-refractivity contribution in [1.29, 1.82) is 0 Å². The van der Waals surface area contributed by atoms with Crippen molar-refractivity contribution in [3.05, 3.63) is 78.4 Å². The standard InChI is InChI=1S/C23H25N3O/c24-13-19-14-26(15-21(19)18-7-2-1-3-8-18)16-23(27)25-22-12-6-10-17-9-4-5-11-20(17)22/h1-12,19,21H,13-16,24H2,(H,25,27)/t19-,21+/m1/s1. The zero-order valence-corrected chi connectivity index (χ0v) is 15.3. The monoisotopic (exact) mass is 359 g/mol. The van der Waals surface area contributed by atoms with E-state index in [9.17, 15) is 4.79 Å². The van der Waals surface area contributed by atoms with Gasteiger partial charge in [0.2, 0.25) is 5.91 Å². The van der Waals surface area contributed by atoms with Crippen LogP contribution in [0.4, 0.5) is 5.69 Å². The Bertz CT molecular complexity index is 920. The van der Waals surface area contributed by atoms with Gasteiger partial charge in [0.25, 0.3) is 0 Å². The summed E-state index contributed by atoms with van der Waals surface area (Å²) in [7, 11) is 0. The molecule has 4 rings (SSSR count). The van der Waals surface area contributed by atoms with Gasteiger partial charge >= 0.3 is 0 Å². The van der Waals surface area contributed by atoms with E-state index in [1.807, 2.05) is 36.4 Å². The van der Waals surface area contributed by atoms with Gasteiger partial charge in [0.1, 0.15) is 0 Å². The van der Waals surface area contributed by atoms with Crippen molar-refractivity contribution in [3.8, 4) is 0 Å². The van der Waals surface area contributed by atoms with Crippen LogP contribution in [-0.4, -0.2) is 37.0 Å². The molecular weight excluding hydrogens is 334 g/mol. The number of likely N-dealkylation sites (tertiary alicyclic amines) is 1. The first-order chi connectivity index (χ1) is 13.2. The molecule has 3 N–H and O–H groups in total. The molecule has 27 heavy (non-hydrogen) atoms. The van der Waals surface area contributed by atoms with Crippen LogP contribution in [0, 0.1) is 5.92 Å². The van der Waals surface area contributed by atoms with E-state index in [1.54, 1.807) is 0 Å². The summed E-state index contributed by atoms with van der Waals surface area (Å²) in [5.74, 6) is 0.801. The van der Waals surface area contributed by atoms with Gasteiger partial charge in [-0.2, -0.15) is 0 Å². The third-order valence-corrected chi connectivity index (χ3v) is 5.48. The second-order valence-electron chi connectivity index (χ2n) is 7.28. The van der Waals surface area contributed by atoms with E-state index in [1.165, 1.54) is 5.56 Å². The molecule has 0 spiro atoms. The third-order valence-electron chi connectivity index (χ3n) is 5.48. The SMILES string of the molecule is NC[C@@H]1CN(CC(=O)Nc2cccc3ccccc23)C[C@H]1c1ccccc1. The van der Waals surface area contributed by atoms with Crippen LogP contribution in [0.1, 0.15) is 11.5 Å². The number of nitrogens with one attached hydrogen (secondary N) is 1. The lowest BCUT2D eigenvalue weighted by atomic mass is 9.89. The van der Waals surface area contributed by atoms with Gasteiger partial charge in [0, 0.05) is 30.1 Å². The van der Waals surface area contributed by atoms with Crippen LogP contribution in [0.3, 0.4) is 0 Å². The van der Waals surface area contributed by atoms with Crippen molar-refractivity contribution in [2.24, 2.45) is 11.7 Å². The van der Waals surface area contributed by atoms with Crippen LogP contribution < -0.4 is 11.1 Å². The average Bonchev–Trinajstić information content (AvgIpc) is 3.11. The molecule has 1 heterocycles. The molecule has 1 aliphatic heterocycles. The van der Waals surface area contributed by atoms with Crippen molar-refractivity contribution in [2.45, 2.75) is 5.92 Å². The highest BCUT2D eigenvalue weighted by molar-refractivity contribution is 6.02. The summed E-state index contributed by atoms with van der Waals surface area (Å²) < 4.78 is 0. The highest BCUT2D eigenvalue weighted by Gasteiger charge is 2.33. The summed E-state index contributed by atoms with van der Waals surface area (Å²) in [4.78, 5) is 14.9. The molecule has 0 aromatic heterocycles. The quantitative estimate of drug-likeness (QED) is 0.733. The number of nitrogens with zero attached hydrogens (tertiary/aromatic N) is 1. The van der Waals surface area contributed by atoms with Crippen LogP contribution in [0.2, 0.25) is 0 Å². The summed E-state index contributed by atoms with van der Waals surface area (Å²) in [6, 6.07) is 24.6. The summed E-state index contributed by atoms with van der Waals surface area (Å²) in [5, 5.41) is 5.28. The molecule has 0 aliphatic carbocycles. The zero-order valence-electron chi connectivity index (χ0n) is 15.3. The van der Waals surface area contributed by atoms with Crippen molar-refractivity contribution in [3.63, 3.8) is 0 Å². The molecule has 1 fully saturated rings. The van der Waals surface area contributed by atoms with E-state index in [2.05, 4.69) is 46.6 Å². The van der Waals surface area contributed by atoms with Gasteiger partial charge in [-0.1, -0.05) is 66.7 Å². The van der Waals surface area contributed by atoms with Gasteiger partial charge in [-0.3, -0.25) is 9.69 Å². The Morgan fingerprint density at radius 2 is 1.70 bits per heavy atom. The molecule has 0 bridgehead atoms. The average molecular weight is 359 g/mol. The molecule has 4 nitrogen and oxygen atoms in total. The number of hydrogen-bond acceptors (Lipinski definition) is 3. The molecule has 3 aromatic carbocycles. The van der Waals surface area contributed by atoms with Crippen LogP contribution in [-0.2, 0) is 4.79 Å². The maximum Gasteiger partial charge on any atom is 0.238 e. The molecule has 1 aliphatic rings. The number of nitrogens with two attached hydrogens (primary N) is 1. The van der Waals surface area contributed by atoms with E-state index >= 15 is 0 Å². The molecule has 0 unspecified atom stereocenters. The summed E-state index contributed by atoms with van der Waals surface area (Å²) >= 11 is 0. The predicted octanol–water partition coefficient (Wildman–Crippen LogP) is 3.45. The Balaban J connectivity index is 1.44. The summed E-state index contributed by atoms with van der Waals surface area (Å²) in [5.41, 5.74) is 8.19. The number of amides is 1. The first kappa shape index (κ1) is 17.7. The number of carbonyl (C=O) groups excluding carboxylic acids is 1. The van der Waals surface area contributed by atoms with Gasteiger partial charge < -0.3 is 11.1 Å². The molecular formula is C23H25N3O. The minimum absolute atomic E-state index is 0.0239. The van der Waals surface area contributed by atoms with Crippen LogP contribution in [0.25, 0.3) is 10.8 Å². The van der Waals surface area contributed by atoms with E-state index in [0.717, 1.165) is 29.5 Å². The van der Waals surface area contributed by atoms with E-state index < -0.39 is 0 Å². The van der Waals surface area contributed by atoms with Crippen LogP contribution in [0.5, 0.6) is 0 Å². The first-order valence-corrected chi connectivity index (χ1v) is 9.49. The van der Waals surface area contributed by atoms with Gasteiger partial charge in [-0.25, -0.2) is 0 Å². The van der Waals surface area contributed by atoms with Crippen molar-refractivity contribution in [2.75, 3.05) is 31.5 Å². The second kappa shape index (κ2) is 7.91. The number of carbonyl (C=O) groups is 1. The summed E-state index contributed by atoms with van der Waals surface area (Å²) in [6.07, 6.45) is 0. The Labute approximate surface area is 160 Å². The Hall–Kier alpha value is -2.69. The molecule has 3 aromatic rings. The lowest BCUT2D eigenvalue weighted by Gasteiger charge is -2.17. The topological polar surface area (TPSA) is 58.4 Å². The lowest BCUT2D eigenvalue weighted by molar-refractivity contribution is -0.117. The Morgan fingerprint density at radius 3 is 2.52 bits per heavy atom. The molecule has 2 atom stereocenters. The molecule has 0 saturated carbocycles. The van der Waals surface area contributed by atoms with Gasteiger partial charge in [-0.05, 0) is 29.5 Å². The largest absolute Gasteiger partial charge is 0.330 e. The minimum atomic E-state index is 0.0239. The first-order valence-electron chi connectivity index (χ1n) is 9.49. The van der Waals surface area contributed by atoms with Crippen LogP contribution in [0.15, 0.2) is 72.8 Å². The number of rotatable bonds is 5. The molecule has 1 saturated heterocycles. The maximum atomic E-state index is 12.7. The fourth-order valence-electron chi connectivity index (χ4n) is 4.13. The zero-order chi connectivity index (χ0) is 18.6. The van der Waals surface area contributed by atoms with Crippen molar-refractivity contribution < 1.29 is 4.79 Å².